The average Bonchev–Trinajstić information content (AvgIpc) is 3.19. The molecule has 1 aliphatic heterocycles. The highest BCUT2D eigenvalue weighted by Gasteiger charge is 2.36. The molecule has 2 aromatic rings. The average molecular weight is 509 g/mol. The molecular weight excluding hydrogens is 478 g/mol. The summed E-state index contributed by atoms with van der Waals surface area (Å²) >= 11 is 0. The van der Waals surface area contributed by atoms with Crippen LogP contribution in [0.4, 0.5) is 14.6 Å². The number of hydrogen-bond donors (Lipinski definition) is 1. The van der Waals surface area contributed by atoms with Crippen LogP contribution in [0.25, 0.3) is 0 Å². The van der Waals surface area contributed by atoms with Crippen LogP contribution in [0, 0.1) is 17.6 Å². The fourth-order valence-corrected chi connectivity index (χ4v) is 6.92. The fraction of sp³-hybridized carbons (Fsp3) is 0.542. The zero-order valence-corrected chi connectivity index (χ0v) is 20.5. The van der Waals surface area contributed by atoms with Crippen LogP contribution < -0.4 is 10.5 Å². The topological polar surface area (TPSA) is 115 Å². The normalized spacial score (nSPS) is 22.3. The number of benzene rings is 1. The van der Waals surface area contributed by atoms with Crippen LogP contribution in [0.1, 0.15) is 66.7 Å². The first kappa shape index (κ1) is 25.4. The van der Waals surface area contributed by atoms with Crippen molar-refractivity contribution in [3.63, 3.8) is 0 Å². The molecule has 0 bridgehead atoms. The molecule has 0 spiro atoms. The molecule has 4 rings (SSSR count). The van der Waals surface area contributed by atoms with E-state index in [9.17, 15) is 22.0 Å². The summed E-state index contributed by atoms with van der Waals surface area (Å²) in [5.41, 5.74) is 5.30. The van der Waals surface area contributed by atoms with E-state index in [-0.39, 0.29) is 28.9 Å². The van der Waals surface area contributed by atoms with Crippen molar-refractivity contribution in [1.29, 1.82) is 0 Å². The first-order valence-corrected chi connectivity index (χ1v) is 13.5. The van der Waals surface area contributed by atoms with E-state index >= 15 is 0 Å². The van der Waals surface area contributed by atoms with Gasteiger partial charge < -0.3 is 10.5 Å². The lowest BCUT2D eigenvalue weighted by Gasteiger charge is -2.33. The molecule has 2 fully saturated rings. The summed E-state index contributed by atoms with van der Waals surface area (Å²) in [7, 11) is -1.81. The molecule has 0 atom stereocenters. The summed E-state index contributed by atoms with van der Waals surface area (Å²) in [6, 6.07) is 2.19. The quantitative estimate of drug-likeness (QED) is 0.543. The zero-order valence-electron chi connectivity index (χ0n) is 19.7. The molecule has 8 nitrogen and oxygen atoms in total. The van der Waals surface area contributed by atoms with E-state index in [4.69, 9.17) is 10.5 Å². The zero-order chi connectivity index (χ0) is 25.2. The van der Waals surface area contributed by atoms with Gasteiger partial charge in [0.05, 0.1) is 18.4 Å². The molecule has 1 saturated carbocycles. The van der Waals surface area contributed by atoms with Crippen molar-refractivity contribution < 1.29 is 26.7 Å². The molecule has 0 amide bonds. The Hall–Kier alpha value is -2.66. The number of anilines is 1. The number of carbonyl (C=O) groups is 1. The first-order chi connectivity index (χ1) is 16.7. The van der Waals surface area contributed by atoms with Crippen LogP contribution in [0.15, 0.2) is 18.3 Å². The van der Waals surface area contributed by atoms with E-state index in [0.29, 0.717) is 24.7 Å². The molecule has 1 aliphatic carbocycles. The number of sulfonamides is 1. The minimum Gasteiger partial charge on any atom is -0.496 e. The number of aryl methyl sites for hydroxylation is 1. The van der Waals surface area contributed by atoms with Crippen LogP contribution in [0.3, 0.4) is 0 Å². The van der Waals surface area contributed by atoms with Gasteiger partial charge in [-0.1, -0.05) is 6.42 Å². The van der Waals surface area contributed by atoms with Gasteiger partial charge in [-0.15, -0.1) is 0 Å². The maximum atomic E-state index is 14.3. The summed E-state index contributed by atoms with van der Waals surface area (Å²) in [6.45, 7) is 0.646. The van der Waals surface area contributed by atoms with E-state index in [1.807, 2.05) is 0 Å². The van der Waals surface area contributed by atoms with Gasteiger partial charge in [0.1, 0.15) is 23.0 Å². The summed E-state index contributed by atoms with van der Waals surface area (Å²) in [5.74, 6) is -2.25. The smallest absolute Gasteiger partial charge is 0.214 e. The van der Waals surface area contributed by atoms with Crippen molar-refractivity contribution in [1.82, 2.24) is 14.3 Å². The second kappa shape index (κ2) is 10.5. The number of halogens is 2. The molecule has 2 heterocycles. The lowest BCUT2D eigenvalue weighted by atomic mass is 9.83. The molecular formula is C24H30F2N4O4S. The number of nitrogen functional groups attached to an aromatic ring is 1. The monoisotopic (exact) mass is 508 g/mol. The first-order valence-electron chi connectivity index (χ1n) is 11.9. The van der Waals surface area contributed by atoms with E-state index in [0.717, 1.165) is 51.0 Å². The molecule has 35 heavy (non-hydrogen) atoms. The molecule has 2 aliphatic rings. The number of ether oxygens (including phenoxy) is 1. The Bertz CT molecular complexity index is 1200. The van der Waals surface area contributed by atoms with Crippen LogP contribution in [-0.4, -0.2) is 53.9 Å². The number of nitrogens with two attached hydrogens (primary N) is 1. The maximum absolute atomic E-state index is 14.3. The summed E-state index contributed by atoms with van der Waals surface area (Å²) in [6.07, 6.45) is 8.10. The lowest BCUT2D eigenvalue weighted by molar-refractivity contribution is 0.103. The number of hydrogen-bond acceptors (Lipinski definition) is 7. The predicted octanol–water partition coefficient (Wildman–Crippen LogP) is 3.49. The molecule has 2 N–H and O–H groups in total. The van der Waals surface area contributed by atoms with Crippen molar-refractivity contribution in [3.8, 4) is 5.75 Å². The Morgan fingerprint density at radius 2 is 1.97 bits per heavy atom. The Kier molecular flexibility index (Phi) is 7.65. The Morgan fingerprint density at radius 1 is 1.23 bits per heavy atom. The minimum absolute atomic E-state index is 0.0990. The number of carbonyl (C=O) groups excluding carboxylic acids is 1. The third-order valence-corrected chi connectivity index (χ3v) is 8.99. The van der Waals surface area contributed by atoms with Crippen molar-refractivity contribution in [2.75, 3.05) is 25.1 Å². The molecule has 1 saturated heterocycles. The third-order valence-electron chi connectivity index (χ3n) is 6.99. The summed E-state index contributed by atoms with van der Waals surface area (Å²) in [5, 5.41) is 0. The molecule has 11 heteroatoms. The van der Waals surface area contributed by atoms with E-state index in [1.54, 1.807) is 4.31 Å². The van der Waals surface area contributed by atoms with Crippen LogP contribution in [0.2, 0.25) is 0 Å². The standard InChI is InChI=1S/C24H30F2N4O4S/c1-34-19-11-10-18(25)22(26)21(19)23(31)17-14-28-20(29-24(17)27)5-2-4-15-6-8-16(9-7-15)30-12-3-13-35(30,32)33/h10-11,14-16H,2-9,12-13H2,1H3,(H2,27,28,29). The van der Waals surface area contributed by atoms with Gasteiger partial charge in [-0.2, -0.15) is 4.31 Å². The van der Waals surface area contributed by atoms with Crippen molar-refractivity contribution in [3.05, 3.63) is 46.9 Å². The predicted molar refractivity (Wildman–Crippen MR) is 127 cm³/mol. The molecule has 0 unspecified atom stereocenters. The van der Waals surface area contributed by atoms with Crippen LogP contribution in [0.5, 0.6) is 5.75 Å². The van der Waals surface area contributed by atoms with Gasteiger partial charge in [0.2, 0.25) is 15.8 Å². The van der Waals surface area contributed by atoms with E-state index in [2.05, 4.69) is 9.97 Å². The Balaban J connectivity index is 1.32. The Labute approximate surface area is 203 Å². The molecule has 1 aromatic heterocycles. The maximum Gasteiger partial charge on any atom is 0.214 e. The summed E-state index contributed by atoms with van der Waals surface area (Å²) in [4.78, 5) is 21.2. The van der Waals surface area contributed by atoms with Gasteiger partial charge in [-0.25, -0.2) is 27.2 Å². The minimum atomic E-state index is -3.06. The largest absolute Gasteiger partial charge is 0.496 e. The number of ketones is 1. The molecule has 1 aromatic carbocycles. The number of aromatic nitrogens is 2. The number of nitrogens with zero attached hydrogens (tertiary/aromatic N) is 3. The Morgan fingerprint density at radius 3 is 2.60 bits per heavy atom. The van der Waals surface area contributed by atoms with Gasteiger partial charge in [0, 0.05) is 25.2 Å². The van der Waals surface area contributed by atoms with Gasteiger partial charge >= 0.3 is 0 Å². The fourth-order valence-electron chi connectivity index (χ4n) is 5.12. The highest BCUT2D eigenvalue weighted by molar-refractivity contribution is 7.89. The molecule has 0 radical (unpaired) electrons. The van der Waals surface area contributed by atoms with Crippen LogP contribution in [-0.2, 0) is 16.4 Å². The second-order valence-electron chi connectivity index (χ2n) is 9.20. The second-order valence-corrected chi connectivity index (χ2v) is 11.2. The lowest BCUT2D eigenvalue weighted by Crippen LogP contribution is -2.39. The SMILES string of the molecule is COc1ccc(F)c(F)c1C(=O)c1cnc(CCCC2CCC(N3CCCS3(=O)=O)CC2)nc1N. The van der Waals surface area contributed by atoms with Gasteiger partial charge in [0.25, 0.3) is 0 Å². The number of rotatable bonds is 8. The van der Waals surface area contributed by atoms with Gasteiger partial charge in [-0.05, 0) is 56.6 Å². The highest BCUT2D eigenvalue weighted by Crippen LogP contribution is 2.34. The van der Waals surface area contributed by atoms with E-state index < -0.39 is 33.0 Å². The number of methoxy groups -OCH3 is 1. The van der Waals surface area contributed by atoms with E-state index in [1.165, 1.54) is 19.4 Å². The van der Waals surface area contributed by atoms with Gasteiger partial charge in [-0.3, -0.25) is 4.79 Å². The molecule has 190 valence electrons. The highest BCUT2D eigenvalue weighted by atomic mass is 32.2. The van der Waals surface area contributed by atoms with Crippen molar-refractivity contribution in [2.24, 2.45) is 5.92 Å². The van der Waals surface area contributed by atoms with Gasteiger partial charge in [0.15, 0.2) is 11.6 Å². The van der Waals surface area contributed by atoms with Crippen molar-refractivity contribution >= 4 is 21.6 Å². The van der Waals surface area contributed by atoms with Crippen molar-refractivity contribution in [2.45, 2.75) is 57.4 Å². The van der Waals surface area contributed by atoms with Crippen LogP contribution >= 0.6 is 0 Å². The summed E-state index contributed by atoms with van der Waals surface area (Å²) < 4.78 is 59.0. The third kappa shape index (κ3) is 5.45.